The van der Waals surface area contributed by atoms with Crippen LogP contribution in [0, 0.1) is 5.92 Å². The van der Waals surface area contributed by atoms with E-state index in [9.17, 15) is 0 Å². The van der Waals surface area contributed by atoms with E-state index in [2.05, 4.69) is 27.5 Å². The molecular formula is C13H25N5. The summed E-state index contributed by atoms with van der Waals surface area (Å²) in [4.78, 5) is 2.56. The Morgan fingerprint density at radius 3 is 3.06 bits per heavy atom. The second-order valence-electron chi connectivity index (χ2n) is 5.38. The molecule has 18 heavy (non-hydrogen) atoms. The van der Waals surface area contributed by atoms with Gasteiger partial charge in [0.05, 0.1) is 12.2 Å². The number of nitrogens with zero attached hydrogens (tertiary/aromatic N) is 4. The normalized spacial score (nSPS) is 22.0. The lowest BCUT2D eigenvalue weighted by Crippen LogP contribution is -2.28. The number of nitrogens with one attached hydrogen (secondary N) is 1. The lowest BCUT2D eigenvalue weighted by atomic mass is 10.0. The lowest BCUT2D eigenvalue weighted by Gasteiger charge is -2.19. The molecule has 0 spiro atoms. The van der Waals surface area contributed by atoms with Gasteiger partial charge in [0, 0.05) is 19.3 Å². The zero-order valence-corrected chi connectivity index (χ0v) is 11.6. The summed E-state index contributed by atoms with van der Waals surface area (Å²) in [6.45, 7) is 7.67. The molecule has 0 amide bonds. The molecule has 1 N–H and O–H groups in total. The van der Waals surface area contributed by atoms with E-state index in [1.165, 1.54) is 32.4 Å². The summed E-state index contributed by atoms with van der Waals surface area (Å²) in [6.07, 6.45) is 6.09. The van der Waals surface area contributed by atoms with E-state index < -0.39 is 0 Å². The number of likely N-dealkylation sites (tertiary alicyclic amines) is 1. The third-order valence-corrected chi connectivity index (χ3v) is 3.70. The van der Waals surface area contributed by atoms with Crippen LogP contribution in [0.2, 0.25) is 0 Å². The Kier molecular flexibility index (Phi) is 5.13. The predicted molar refractivity (Wildman–Crippen MR) is 72.2 cm³/mol. The Labute approximate surface area is 110 Å². The maximum atomic E-state index is 4.16. The zero-order valence-electron chi connectivity index (χ0n) is 11.6. The molecule has 1 aromatic rings. The summed E-state index contributed by atoms with van der Waals surface area (Å²) in [5, 5.41) is 11.4. The van der Waals surface area contributed by atoms with Crippen molar-refractivity contribution in [3.05, 3.63) is 11.9 Å². The first-order valence-corrected chi connectivity index (χ1v) is 7.04. The van der Waals surface area contributed by atoms with E-state index in [0.717, 1.165) is 31.2 Å². The van der Waals surface area contributed by atoms with E-state index in [-0.39, 0.29) is 0 Å². The Hall–Kier alpha value is -0.940. The first kappa shape index (κ1) is 13.5. The van der Waals surface area contributed by atoms with E-state index in [1.54, 1.807) is 0 Å². The van der Waals surface area contributed by atoms with Gasteiger partial charge in [-0.25, -0.2) is 0 Å². The SMILES string of the molecule is CNCc1cn(CCN2CCCC(C)CC2)nn1. The largest absolute Gasteiger partial charge is 0.314 e. The summed E-state index contributed by atoms with van der Waals surface area (Å²) in [6, 6.07) is 0. The van der Waals surface area contributed by atoms with E-state index in [0.29, 0.717) is 0 Å². The minimum Gasteiger partial charge on any atom is -0.314 e. The van der Waals surface area contributed by atoms with Gasteiger partial charge in [-0.2, -0.15) is 0 Å². The van der Waals surface area contributed by atoms with Crippen LogP contribution in [0.3, 0.4) is 0 Å². The van der Waals surface area contributed by atoms with Crippen molar-refractivity contribution in [2.45, 2.75) is 39.3 Å². The summed E-state index contributed by atoms with van der Waals surface area (Å²) in [5.41, 5.74) is 1.02. The summed E-state index contributed by atoms with van der Waals surface area (Å²) >= 11 is 0. The third-order valence-electron chi connectivity index (χ3n) is 3.70. The van der Waals surface area contributed by atoms with E-state index in [1.807, 2.05) is 17.9 Å². The van der Waals surface area contributed by atoms with Crippen LogP contribution in [-0.2, 0) is 13.1 Å². The molecular weight excluding hydrogens is 226 g/mol. The van der Waals surface area contributed by atoms with Crippen molar-refractivity contribution < 1.29 is 0 Å². The Balaban J connectivity index is 1.76. The Bertz CT molecular complexity index is 349. The molecule has 1 aliphatic heterocycles. The van der Waals surface area contributed by atoms with Crippen molar-refractivity contribution in [1.29, 1.82) is 0 Å². The smallest absolute Gasteiger partial charge is 0.0964 e. The number of hydrogen-bond acceptors (Lipinski definition) is 4. The highest BCUT2D eigenvalue weighted by Gasteiger charge is 2.13. The molecule has 0 radical (unpaired) electrons. The summed E-state index contributed by atoms with van der Waals surface area (Å²) in [7, 11) is 1.93. The van der Waals surface area contributed by atoms with Crippen LogP contribution in [0.25, 0.3) is 0 Å². The number of rotatable bonds is 5. The fraction of sp³-hybridized carbons (Fsp3) is 0.846. The van der Waals surface area contributed by atoms with Gasteiger partial charge >= 0.3 is 0 Å². The molecule has 0 aliphatic carbocycles. The minimum absolute atomic E-state index is 0.793. The molecule has 1 atom stereocenters. The molecule has 1 fully saturated rings. The highest BCUT2D eigenvalue weighted by Crippen LogP contribution is 2.16. The molecule has 5 heteroatoms. The van der Waals surface area contributed by atoms with E-state index >= 15 is 0 Å². The molecule has 0 bridgehead atoms. The van der Waals surface area contributed by atoms with Crippen LogP contribution in [0.15, 0.2) is 6.20 Å². The predicted octanol–water partition coefficient (Wildman–Crippen LogP) is 1.12. The van der Waals surface area contributed by atoms with Crippen LogP contribution < -0.4 is 5.32 Å². The average molecular weight is 251 g/mol. The monoisotopic (exact) mass is 251 g/mol. The molecule has 1 saturated heterocycles. The maximum absolute atomic E-state index is 4.16. The van der Waals surface area contributed by atoms with Crippen molar-refractivity contribution in [3.8, 4) is 0 Å². The van der Waals surface area contributed by atoms with Gasteiger partial charge < -0.3 is 10.2 Å². The molecule has 2 rings (SSSR count). The molecule has 1 aliphatic rings. The fourth-order valence-corrected chi connectivity index (χ4v) is 2.50. The van der Waals surface area contributed by atoms with Crippen LogP contribution in [0.5, 0.6) is 0 Å². The van der Waals surface area contributed by atoms with Gasteiger partial charge in [0.25, 0.3) is 0 Å². The lowest BCUT2D eigenvalue weighted by molar-refractivity contribution is 0.265. The van der Waals surface area contributed by atoms with Gasteiger partial charge in [0.1, 0.15) is 0 Å². The van der Waals surface area contributed by atoms with Crippen molar-refractivity contribution in [2.75, 3.05) is 26.7 Å². The second-order valence-corrected chi connectivity index (χ2v) is 5.38. The molecule has 1 aromatic heterocycles. The van der Waals surface area contributed by atoms with Crippen molar-refractivity contribution in [1.82, 2.24) is 25.2 Å². The molecule has 2 heterocycles. The van der Waals surface area contributed by atoms with Gasteiger partial charge in [0.15, 0.2) is 0 Å². The minimum atomic E-state index is 0.793. The zero-order chi connectivity index (χ0) is 12.8. The molecule has 0 aromatic carbocycles. The topological polar surface area (TPSA) is 46.0 Å². The van der Waals surface area contributed by atoms with Crippen molar-refractivity contribution >= 4 is 0 Å². The molecule has 102 valence electrons. The van der Waals surface area contributed by atoms with Crippen LogP contribution in [0.1, 0.15) is 31.9 Å². The Morgan fingerprint density at radius 1 is 1.33 bits per heavy atom. The highest BCUT2D eigenvalue weighted by molar-refractivity contribution is 4.91. The van der Waals surface area contributed by atoms with Gasteiger partial charge in [-0.1, -0.05) is 12.1 Å². The molecule has 5 nitrogen and oxygen atoms in total. The van der Waals surface area contributed by atoms with Gasteiger partial charge in [-0.05, 0) is 45.3 Å². The highest BCUT2D eigenvalue weighted by atomic mass is 15.4. The first-order valence-electron chi connectivity index (χ1n) is 7.04. The average Bonchev–Trinajstić information content (AvgIpc) is 2.70. The first-order chi connectivity index (χ1) is 8.78. The maximum Gasteiger partial charge on any atom is 0.0964 e. The van der Waals surface area contributed by atoms with Gasteiger partial charge in [0.2, 0.25) is 0 Å². The quantitative estimate of drug-likeness (QED) is 0.852. The molecule has 1 unspecified atom stereocenters. The standard InChI is InChI=1S/C13H25N5/c1-12-4-3-6-17(7-5-12)8-9-18-11-13(10-14-2)15-16-18/h11-12,14H,3-10H2,1-2H3. The van der Waals surface area contributed by atoms with Crippen molar-refractivity contribution in [3.63, 3.8) is 0 Å². The number of aromatic nitrogens is 3. The second kappa shape index (κ2) is 6.85. The Morgan fingerprint density at radius 2 is 2.22 bits per heavy atom. The molecule has 0 saturated carbocycles. The van der Waals surface area contributed by atoms with Crippen molar-refractivity contribution in [2.24, 2.45) is 5.92 Å². The van der Waals surface area contributed by atoms with E-state index in [4.69, 9.17) is 0 Å². The number of hydrogen-bond donors (Lipinski definition) is 1. The van der Waals surface area contributed by atoms with Crippen LogP contribution in [0.4, 0.5) is 0 Å². The summed E-state index contributed by atoms with van der Waals surface area (Å²) in [5.74, 6) is 0.892. The van der Waals surface area contributed by atoms with Gasteiger partial charge in [-0.15, -0.1) is 5.10 Å². The van der Waals surface area contributed by atoms with Crippen LogP contribution >= 0.6 is 0 Å². The fourth-order valence-electron chi connectivity index (χ4n) is 2.50. The van der Waals surface area contributed by atoms with Gasteiger partial charge in [-0.3, -0.25) is 4.68 Å². The summed E-state index contributed by atoms with van der Waals surface area (Å²) < 4.78 is 1.96. The van der Waals surface area contributed by atoms with Crippen LogP contribution in [-0.4, -0.2) is 46.6 Å². The third kappa shape index (κ3) is 4.07.